The van der Waals surface area contributed by atoms with Gasteiger partial charge in [-0.1, -0.05) is 32.6 Å². The van der Waals surface area contributed by atoms with E-state index in [9.17, 15) is 0 Å². The molecule has 0 heterocycles. The molecule has 2 nitrogen and oxygen atoms in total. The molecule has 1 N–H and O–H groups in total. The number of ether oxygens (including phenoxy) is 1. The van der Waals surface area contributed by atoms with Crippen LogP contribution in [0.15, 0.2) is 24.3 Å². The van der Waals surface area contributed by atoms with Gasteiger partial charge in [0.15, 0.2) is 0 Å². The molecular weight excluding hydrogens is 234 g/mol. The molecule has 2 heteroatoms. The normalized spacial score (nSPS) is 12.5. The van der Waals surface area contributed by atoms with Crippen LogP contribution in [-0.2, 0) is 0 Å². The van der Waals surface area contributed by atoms with Crippen molar-refractivity contribution >= 4 is 5.69 Å². The average molecular weight is 263 g/mol. The van der Waals surface area contributed by atoms with E-state index in [1.54, 1.807) is 0 Å². The van der Waals surface area contributed by atoms with Gasteiger partial charge in [-0.05, 0) is 51.5 Å². The lowest BCUT2D eigenvalue weighted by molar-refractivity contribution is 0.242. The first-order valence-corrected chi connectivity index (χ1v) is 7.65. The fraction of sp³-hybridized carbons (Fsp3) is 0.647. The van der Waals surface area contributed by atoms with E-state index in [2.05, 4.69) is 31.3 Å². The molecule has 0 saturated carbocycles. The topological polar surface area (TPSA) is 21.3 Å². The lowest BCUT2D eigenvalue weighted by Crippen LogP contribution is -2.14. The van der Waals surface area contributed by atoms with E-state index in [4.69, 9.17) is 4.74 Å². The van der Waals surface area contributed by atoms with Gasteiger partial charge in [-0.2, -0.15) is 0 Å². The Hall–Kier alpha value is -1.18. The maximum Gasteiger partial charge on any atom is 0.119 e. The Morgan fingerprint density at radius 2 is 1.68 bits per heavy atom. The smallest absolute Gasteiger partial charge is 0.119 e. The Bertz CT molecular complexity index is 332. The predicted octanol–water partition coefficient (Wildman–Crippen LogP) is 5.24. The van der Waals surface area contributed by atoms with E-state index < -0.39 is 0 Å². The quantitative estimate of drug-likeness (QED) is 0.615. The Morgan fingerprint density at radius 1 is 1.00 bits per heavy atom. The first-order chi connectivity index (χ1) is 9.11. The first-order valence-electron chi connectivity index (χ1n) is 7.65. The van der Waals surface area contributed by atoms with Crippen LogP contribution in [0.4, 0.5) is 5.69 Å². The van der Waals surface area contributed by atoms with E-state index in [-0.39, 0.29) is 6.10 Å². The summed E-state index contributed by atoms with van der Waals surface area (Å²) in [4.78, 5) is 0. The Kier molecular flexibility index (Phi) is 7.39. The summed E-state index contributed by atoms with van der Waals surface area (Å²) in [6.45, 7) is 8.60. The minimum absolute atomic E-state index is 0.233. The molecule has 0 amide bonds. The standard InChI is InChI=1S/C17H29NO/c1-5-6-7-8-9-15(4)18-16-10-12-17(13-11-16)19-14(2)3/h10-15,18H,5-9H2,1-4H3. The lowest BCUT2D eigenvalue weighted by atomic mass is 10.1. The molecule has 19 heavy (non-hydrogen) atoms. The van der Waals surface area contributed by atoms with Gasteiger partial charge in [-0.25, -0.2) is 0 Å². The zero-order valence-corrected chi connectivity index (χ0v) is 12.9. The molecule has 108 valence electrons. The number of unbranched alkanes of at least 4 members (excludes halogenated alkanes) is 3. The van der Waals surface area contributed by atoms with Gasteiger partial charge in [0.2, 0.25) is 0 Å². The minimum Gasteiger partial charge on any atom is -0.491 e. The third-order valence-electron chi connectivity index (χ3n) is 3.13. The fourth-order valence-corrected chi connectivity index (χ4v) is 2.14. The number of hydrogen-bond acceptors (Lipinski definition) is 2. The van der Waals surface area contributed by atoms with Crippen molar-refractivity contribution in [3.8, 4) is 5.75 Å². The van der Waals surface area contributed by atoms with Gasteiger partial charge in [0.05, 0.1) is 6.10 Å². The van der Waals surface area contributed by atoms with E-state index in [0.717, 1.165) is 5.75 Å². The van der Waals surface area contributed by atoms with Crippen molar-refractivity contribution < 1.29 is 4.74 Å². The molecule has 0 fully saturated rings. The number of benzene rings is 1. The highest BCUT2D eigenvalue weighted by molar-refractivity contribution is 5.46. The van der Waals surface area contributed by atoms with Crippen LogP contribution in [0.5, 0.6) is 5.75 Å². The second kappa shape index (κ2) is 8.84. The van der Waals surface area contributed by atoms with Crippen molar-refractivity contribution in [2.75, 3.05) is 5.32 Å². The predicted molar refractivity (Wildman–Crippen MR) is 84.0 cm³/mol. The summed E-state index contributed by atoms with van der Waals surface area (Å²) >= 11 is 0. The molecule has 0 aliphatic carbocycles. The van der Waals surface area contributed by atoms with Gasteiger partial charge in [0.1, 0.15) is 5.75 Å². The van der Waals surface area contributed by atoms with Crippen LogP contribution in [0.1, 0.15) is 59.8 Å². The molecule has 0 aromatic heterocycles. The van der Waals surface area contributed by atoms with Crippen LogP contribution in [0, 0.1) is 0 Å². The fourth-order valence-electron chi connectivity index (χ4n) is 2.14. The molecule has 1 aromatic rings. The molecular formula is C17H29NO. The van der Waals surface area contributed by atoms with E-state index in [0.29, 0.717) is 6.04 Å². The number of rotatable bonds is 9. The average Bonchev–Trinajstić information content (AvgIpc) is 2.36. The van der Waals surface area contributed by atoms with E-state index in [1.165, 1.54) is 37.8 Å². The maximum absolute atomic E-state index is 5.64. The Morgan fingerprint density at radius 3 is 2.26 bits per heavy atom. The summed E-state index contributed by atoms with van der Waals surface area (Å²) in [5.41, 5.74) is 1.18. The van der Waals surface area contributed by atoms with Crippen molar-refractivity contribution in [1.82, 2.24) is 0 Å². The molecule has 1 aromatic carbocycles. The maximum atomic E-state index is 5.64. The van der Waals surface area contributed by atoms with Crippen LogP contribution in [0.2, 0.25) is 0 Å². The van der Waals surface area contributed by atoms with Crippen molar-refractivity contribution in [3.63, 3.8) is 0 Å². The van der Waals surface area contributed by atoms with Crippen molar-refractivity contribution in [1.29, 1.82) is 0 Å². The zero-order valence-electron chi connectivity index (χ0n) is 12.9. The summed E-state index contributed by atoms with van der Waals surface area (Å²) in [7, 11) is 0. The third kappa shape index (κ3) is 7.09. The van der Waals surface area contributed by atoms with Crippen LogP contribution >= 0.6 is 0 Å². The molecule has 0 radical (unpaired) electrons. The number of hydrogen-bond donors (Lipinski definition) is 1. The highest BCUT2D eigenvalue weighted by Crippen LogP contribution is 2.18. The van der Waals surface area contributed by atoms with Gasteiger partial charge in [-0.3, -0.25) is 0 Å². The summed E-state index contributed by atoms with van der Waals surface area (Å²) in [5.74, 6) is 0.941. The molecule has 1 unspecified atom stereocenters. The highest BCUT2D eigenvalue weighted by atomic mass is 16.5. The van der Waals surface area contributed by atoms with Crippen molar-refractivity contribution in [3.05, 3.63) is 24.3 Å². The monoisotopic (exact) mass is 263 g/mol. The van der Waals surface area contributed by atoms with Gasteiger partial charge in [0, 0.05) is 11.7 Å². The van der Waals surface area contributed by atoms with Crippen molar-refractivity contribution in [2.45, 2.75) is 71.9 Å². The van der Waals surface area contributed by atoms with Gasteiger partial charge < -0.3 is 10.1 Å². The molecule has 1 rings (SSSR count). The van der Waals surface area contributed by atoms with Crippen LogP contribution in [0.25, 0.3) is 0 Å². The van der Waals surface area contributed by atoms with Crippen LogP contribution in [0.3, 0.4) is 0 Å². The minimum atomic E-state index is 0.233. The van der Waals surface area contributed by atoms with Gasteiger partial charge in [-0.15, -0.1) is 0 Å². The highest BCUT2D eigenvalue weighted by Gasteiger charge is 2.03. The lowest BCUT2D eigenvalue weighted by Gasteiger charge is -2.16. The second-order valence-electron chi connectivity index (χ2n) is 5.59. The summed E-state index contributed by atoms with van der Waals surface area (Å²) in [6.07, 6.45) is 6.80. The SMILES string of the molecule is CCCCCCC(C)Nc1ccc(OC(C)C)cc1. The van der Waals surface area contributed by atoms with E-state index >= 15 is 0 Å². The second-order valence-corrected chi connectivity index (χ2v) is 5.59. The number of anilines is 1. The summed E-state index contributed by atoms with van der Waals surface area (Å²) in [5, 5.41) is 3.54. The third-order valence-corrected chi connectivity index (χ3v) is 3.13. The summed E-state index contributed by atoms with van der Waals surface area (Å²) in [6, 6.07) is 8.80. The molecule has 0 aliphatic rings. The molecule has 0 bridgehead atoms. The summed E-state index contributed by atoms with van der Waals surface area (Å²) < 4.78 is 5.64. The molecule has 0 saturated heterocycles. The largest absolute Gasteiger partial charge is 0.491 e. The zero-order chi connectivity index (χ0) is 14.1. The Labute approximate surface area is 118 Å². The van der Waals surface area contributed by atoms with Gasteiger partial charge in [0.25, 0.3) is 0 Å². The van der Waals surface area contributed by atoms with E-state index in [1.807, 2.05) is 26.0 Å². The molecule has 1 atom stereocenters. The van der Waals surface area contributed by atoms with Crippen LogP contribution in [-0.4, -0.2) is 12.1 Å². The number of nitrogens with one attached hydrogen (secondary N) is 1. The first kappa shape index (κ1) is 15.9. The van der Waals surface area contributed by atoms with Crippen LogP contribution < -0.4 is 10.1 Å². The molecule has 0 spiro atoms. The van der Waals surface area contributed by atoms with Gasteiger partial charge >= 0.3 is 0 Å². The van der Waals surface area contributed by atoms with Crippen molar-refractivity contribution in [2.24, 2.45) is 0 Å². The Balaban J connectivity index is 2.31. The molecule has 0 aliphatic heterocycles.